The number of amides is 1. The normalized spacial score (nSPS) is 30.4. The fraction of sp³-hybridized carbons (Fsp3) is 0.400. The predicted octanol–water partition coefficient (Wildman–Crippen LogP) is 1.22. The van der Waals surface area contributed by atoms with Crippen molar-refractivity contribution < 1.29 is 14.7 Å². The third-order valence-corrected chi connectivity index (χ3v) is 4.24. The van der Waals surface area contributed by atoms with Crippen molar-refractivity contribution in [2.45, 2.75) is 13.0 Å². The second-order valence-electron chi connectivity index (χ2n) is 5.42. The number of allylic oxidation sites excluding steroid dienone is 2. The van der Waals surface area contributed by atoms with E-state index in [2.05, 4.69) is 10.3 Å². The molecule has 1 amide bonds. The van der Waals surface area contributed by atoms with Gasteiger partial charge in [0.15, 0.2) is 0 Å². The minimum absolute atomic E-state index is 0.00615. The van der Waals surface area contributed by atoms with Crippen LogP contribution < -0.4 is 5.32 Å². The number of rotatable bonds is 4. The number of carbonyl (C=O) groups excluding carboxylic acids is 1. The second kappa shape index (κ2) is 5.07. The summed E-state index contributed by atoms with van der Waals surface area (Å²) in [6, 6.07) is 3.68. The number of carboxylic acids is 1. The topological polar surface area (TPSA) is 79.3 Å². The fourth-order valence-electron chi connectivity index (χ4n) is 3.33. The number of carboxylic acid groups (broad SMARTS) is 1. The number of aromatic nitrogens is 1. The highest BCUT2D eigenvalue weighted by molar-refractivity contribution is 5.86. The van der Waals surface area contributed by atoms with Crippen molar-refractivity contribution in [3.05, 3.63) is 42.2 Å². The summed E-state index contributed by atoms with van der Waals surface area (Å²) in [5, 5.41) is 12.2. The lowest BCUT2D eigenvalue weighted by atomic mass is 9.82. The first-order valence-electron chi connectivity index (χ1n) is 6.74. The van der Waals surface area contributed by atoms with Crippen LogP contribution in [0.5, 0.6) is 0 Å². The van der Waals surface area contributed by atoms with Crippen molar-refractivity contribution in [2.24, 2.45) is 23.7 Å². The lowest BCUT2D eigenvalue weighted by Gasteiger charge is -2.23. The lowest BCUT2D eigenvalue weighted by Crippen LogP contribution is -2.39. The Kier molecular flexibility index (Phi) is 3.26. The molecule has 1 saturated carbocycles. The summed E-state index contributed by atoms with van der Waals surface area (Å²) in [5.74, 6) is -2.00. The van der Waals surface area contributed by atoms with E-state index in [9.17, 15) is 14.7 Å². The summed E-state index contributed by atoms with van der Waals surface area (Å²) in [5.41, 5.74) is 0.909. The molecule has 5 nitrogen and oxygen atoms in total. The summed E-state index contributed by atoms with van der Waals surface area (Å²) in [4.78, 5) is 27.6. The molecule has 0 saturated heterocycles. The molecule has 1 aromatic rings. The molecule has 20 heavy (non-hydrogen) atoms. The van der Waals surface area contributed by atoms with Crippen LogP contribution in [0.25, 0.3) is 0 Å². The molecular weight excluding hydrogens is 256 g/mol. The maximum atomic E-state index is 12.3. The fourth-order valence-corrected chi connectivity index (χ4v) is 3.33. The van der Waals surface area contributed by atoms with E-state index < -0.39 is 17.8 Å². The van der Waals surface area contributed by atoms with Crippen LogP contribution in [-0.4, -0.2) is 22.0 Å². The van der Waals surface area contributed by atoms with E-state index in [1.165, 1.54) is 0 Å². The third-order valence-electron chi connectivity index (χ3n) is 4.24. The van der Waals surface area contributed by atoms with Crippen molar-refractivity contribution >= 4 is 11.9 Å². The molecule has 0 spiro atoms. The first-order valence-corrected chi connectivity index (χ1v) is 6.74. The number of nitrogens with one attached hydrogen (secondary N) is 1. The van der Waals surface area contributed by atoms with E-state index in [-0.39, 0.29) is 17.7 Å². The van der Waals surface area contributed by atoms with Crippen LogP contribution in [0, 0.1) is 23.7 Å². The smallest absolute Gasteiger partial charge is 0.307 e. The minimum Gasteiger partial charge on any atom is -0.481 e. The maximum absolute atomic E-state index is 12.3. The Bertz CT molecular complexity index is 555. The van der Waals surface area contributed by atoms with Crippen LogP contribution in [0.15, 0.2) is 36.7 Å². The Morgan fingerprint density at radius 1 is 1.30 bits per heavy atom. The molecular formula is C15H16N2O3. The zero-order valence-corrected chi connectivity index (χ0v) is 10.9. The van der Waals surface area contributed by atoms with Gasteiger partial charge in [-0.1, -0.05) is 18.2 Å². The molecule has 2 aliphatic carbocycles. The second-order valence-corrected chi connectivity index (χ2v) is 5.42. The Hall–Kier alpha value is -2.17. The first kappa shape index (κ1) is 12.8. The summed E-state index contributed by atoms with van der Waals surface area (Å²) >= 11 is 0. The van der Waals surface area contributed by atoms with E-state index in [0.717, 1.165) is 12.0 Å². The van der Waals surface area contributed by atoms with Gasteiger partial charge < -0.3 is 10.4 Å². The number of carbonyl (C=O) groups is 2. The van der Waals surface area contributed by atoms with Crippen LogP contribution in [0.3, 0.4) is 0 Å². The van der Waals surface area contributed by atoms with Gasteiger partial charge in [-0.2, -0.15) is 0 Å². The predicted molar refractivity (Wildman–Crippen MR) is 71.4 cm³/mol. The van der Waals surface area contributed by atoms with Gasteiger partial charge in [0.2, 0.25) is 5.91 Å². The zero-order chi connectivity index (χ0) is 14.1. The third kappa shape index (κ3) is 2.19. The Balaban J connectivity index is 1.68. The van der Waals surface area contributed by atoms with Gasteiger partial charge in [-0.05, 0) is 29.9 Å². The SMILES string of the molecule is O=C(O)[C@@H]1[C@H](C(=O)NCc2cccnc2)[C@H]2C=C[C@@H]1C2. The van der Waals surface area contributed by atoms with Crippen molar-refractivity contribution in [3.8, 4) is 0 Å². The van der Waals surface area contributed by atoms with E-state index in [4.69, 9.17) is 0 Å². The van der Waals surface area contributed by atoms with Gasteiger partial charge in [0.25, 0.3) is 0 Å². The van der Waals surface area contributed by atoms with Crippen LogP contribution in [0.4, 0.5) is 0 Å². The molecule has 0 aromatic carbocycles. The average molecular weight is 272 g/mol. The molecule has 0 aliphatic heterocycles. The van der Waals surface area contributed by atoms with Crippen LogP contribution in [0.1, 0.15) is 12.0 Å². The summed E-state index contributed by atoms with van der Waals surface area (Å²) in [6.45, 7) is 0.386. The van der Waals surface area contributed by atoms with E-state index in [1.54, 1.807) is 12.4 Å². The molecule has 2 aliphatic rings. The lowest BCUT2D eigenvalue weighted by molar-refractivity contribution is -0.147. The van der Waals surface area contributed by atoms with Gasteiger partial charge in [0.05, 0.1) is 11.8 Å². The number of pyridine rings is 1. The minimum atomic E-state index is -0.872. The van der Waals surface area contributed by atoms with Crippen LogP contribution in [-0.2, 0) is 16.1 Å². The molecule has 3 rings (SSSR count). The first-order chi connectivity index (χ1) is 9.66. The Labute approximate surface area is 116 Å². The highest BCUT2D eigenvalue weighted by atomic mass is 16.4. The molecule has 1 heterocycles. The Morgan fingerprint density at radius 2 is 2.05 bits per heavy atom. The maximum Gasteiger partial charge on any atom is 0.307 e. The molecule has 4 atom stereocenters. The van der Waals surface area contributed by atoms with Crippen molar-refractivity contribution in [1.29, 1.82) is 0 Å². The quantitative estimate of drug-likeness (QED) is 0.808. The van der Waals surface area contributed by atoms with Crippen LogP contribution in [0.2, 0.25) is 0 Å². The molecule has 2 bridgehead atoms. The van der Waals surface area contributed by atoms with Gasteiger partial charge in [-0.25, -0.2) is 0 Å². The van der Waals surface area contributed by atoms with E-state index in [0.29, 0.717) is 6.54 Å². The summed E-state index contributed by atoms with van der Waals surface area (Å²) in [7, 11) is 0. The number of aliphatic carboxylic acids is 1. The van der Waals surface area contributed by atoms with Gasteiger partial charge in [-0.15, -0.1) is 0 Å². The average Bonchev–Trinajstić information content (AvgIpc) is 3.06. The largest absolute Gasteiger partial charge is 0.481 e. The number of fused-ring (bicyclic) bond motifs is 2. The van der Waals surface area contributed by atoms with Crippen molar-refractivity contribution in [1.82, 2.24) is 10.3 Å². The molecule has 0 unspecified atom stereocenters. The number of hydrogen-bond acceptors (Lipinski definition) is 3. The number of hydrogen-bond donors (Lipinski definition) is 2. The van der Waals surface area contributed by atoms with Gasteiger partial charge in [0.1, 0.15) is 0 Å². The molecule has 104 valence electrons. The van der Waals surface area contributed by atoms with Crippen LogP contribution >= 0.6 is 0 Å². The Morgan fingerprint density at radius 3 is 2.70 bits per heavy atom. The number of nitrogens with zero attached hydrogens (tertiary/aromatic N) is 1. The van der Waals surface area contributed by atoms with Gasteiger partial charge >= 0.3 is 5.97 Å². The summed E-state index contributed by atoms with van der Waals surface area (Å²) < 4.78 is 0. The molecule has 5 heteroatoms. The molecule has 1 fully saturated rings. The molecule has 0 radical (unpaired) electrons. The highest BCUT2D eigenvalue weighted by Crippen LogP contribution is 2.48. The highest BCUT2D eigenvalue weighted by Gasteiger charge is 2.51. The molecule has 1 aromatic heterocycles. The van der Waals surface area contributed by atoms with Crippen molar-refractivity contribution in [3.63, 3.8) is 0 Å². The van der Waals surface area contributed by atoms with E-state index >= 15 is 0 Å². The van der Waals surface area contributed by atoms with E-state index in [1.807, 2.05) is 24.3 Å². The monoisotopic (exact) mass is 272 g/mol. The zero-order valence-electron chi connectivity index (χ0n) is 10.9. The van der Waals surface area contributed by atoms with Gasteiger partial charge in [0, 0.05) is 18.9 Å². The van der Waals surface area contributed by atoms with Gasteiger partial charge in [-0.3, -0.25) is 14.6 Å². The summed E-state index contributed by atoms with van der Waals surface area (Å²) in [6.07, 6.45) is 8.07. The standard InChI is InChI=1S/C15H16N2O3/c18-14(17-8-9-2-1-5-16-7-9)12-10-3-4-11(6-10)13(12)15(19)20/h1-5,7,10-13H,6,8H2,(H,17,18)(H,19,20)/t10-,11+,12+,13-/m0/s1. The molecule has 2 N–H and O–H groups in total. The van der Waals surface area contributed by atoms with Crippen molar-refractivity contribution in [2.75, 3.05) is 0 Å².